The van der Waals surface area contributed by atoms with Crippen molar-refractivity contribution in [3.8, 4) is 0 Å². The van der Waals surface area contributed by atoms with Crippen molar-refractivity contribution in [2.24, 2.45) is 11.8 Å². The Hall–Kier alpha value is -0.860. The highest BCUT2D eigenvalue weighted by Crippen LogP contribution is 2.44. The predicted octanol–water partition coefficient (Wildman–Crippen LogP) is 3.43. The van der Waals surface area contributed by atoms with E-state index in [4.69, 9.17) is 0 Å². The van der Waals surface area contributed by atoms with Gasteiger partial charge in [-0.2, -0.15) is 0 Å². The summed E-state index contributed by atoms with van der Waals surface area (Å²) in [5.74, 6) is 2.07. The molecule has 0 spiro atoms. The minimum Gasteiger partial charge on any atom is -0.311 e. The van der Waals surface area contributed by atoms with Crippen LogP contribution in [0.4, 0.5) is 0 Å². The predicted molar refractivity (Wildman–Crippen MR) is 87.1 cm³/mol. The van der Waals surface area contributed by atoms with Gasteiger partial charge in [-0.1, -0.05) is 36.8 Å². The van der Waals surface area contributed by atoms with E-state index >= 15 is 0 Å². The molecule has 3 aliphatic rings. The Bertz CT molecular complexity index is 450. The molecule has 2 saturated carbocycles. The van der Waals surface area contributed by atoms with Gasteiger partial charge >= 0.3 is 0 Å². The summed E-state index contributed by atoms with van der Waals surface area (Å²) in [6, 6.07) is 12.5. The number of benzene rings is 1. The van der Waals surface area contributed by atoms with Crippen LogP contribution in [0, 0.1) is 11.8 Å². The highest BCUT2D eigenvalue weighted by Gasteiger charge is 2.40. The van der Waals surface area contributed by atoms with Crippen molar-refractivity contribution in [3.05, 3.63) is 35.9 Å². The average molecular weight is 284 g/mol. The van der Waals surface area contributed by atoms with Gasteiger partial charge in [-0.3, -0.25) is 4.90 Å². The number of fused-ring (bicyclic) bond motifs is 2. The molecule has 2 heteroatoms. The number of nitrogens with zero attached hydrogens (tertiary/aromatic N) is 1. The van der Waals surface area contributed by atoms with Crippen molar-refractivity contribution < 1.29 is 0 Å². The zero-order chi connectivity index (χ0) is 14.1. The van der Waals surface area contributed by atoms with Crippen LogP contribution >= 0.6 is 0 Å². The van der Waals surface area contributed by atoms with Crippen LogP contribution in [0.3, 0.4) is 0 Å². The van der Waals surface area contributed by atoms with E-state index in [0.717, 1.165) is 30.5 Å². The van der Waals surface area contributed by atoms with Gasteiger partial charge in [0.1, 0.15) is 0 Å². The topological polar surface area (TPSA) is 15.3 Å². The van der Waals surface area contributed by atoms with Gasteiger partial charge in [0, 0.05) is 18.6 Å². The van der Waals surface area contributed by atoms with Gasteiger partial charge in [-0.25, -0.2) is 0 Å². The van der Waals surface area contributed by atoms with Crippen molar-refractivity contribution >= 4 is 0 Å². The summed E-state index contributed by atoms with van der Waals surface area (Å²) in [4.78, 5) is 2.62. The lowest BCUT2D eigenvalue weighted by molar-refractivity contribution is 0.175. The van der Waals surface area contributed by atoms with E-state index in [1.165, 1.54) is 57.2 Å². The van der Waals surface area contributed by atoms with Gasteiger partial charge in [-0.05, 0) is 62.6 Å². The Labute approximate surface area is 128 Å². The molecule has 1 N–H and O–H groups in total. The number of nitrogens with one attached hydrogen (secondary N) is 1. The first-order chi connectivity index (χ1) is 10.4. The lowest BCUT2D eigenvalue weighted by atomic mass is 9.93. The van der Waals surface area contributed by atoms with Gasteiger partial charge in [-0.15, -0.1) is 0 Å². The zero-order valence-corrected chi connectivity index (χ0v) is 13.0. The van der Waals surface area contributed by atoms with Crippen LogP contribution in [0.2, 0.25) is 0 Å². The van der Waals surface area contributed by atoms with Crippen LogP contribution in [0.25, 0.3) is 0 Å². The summed E-state index contributed by atoms with van der Waals surface area (Å²) in [5.41, 5.74) is 1.46. The van der Waals surface area contributed by atoms with Crippen LogP contribution in [-0.2, 0) is 6.54 Å². The van der Waals surface area contributed by atoms with Gasteiger partial charge < -0.3 is 5.32 Å². The Kier molecular flexibility index (Phi) is 4.00. The molecule has 4 rings (SSSR count). The number of hydrogen-bond donors (Lipinski definition) is 1. The number of rotatable bonds is 4. The molecular weight excluding hydrogens is 256 g/mol. The lowest BCUT2D eigenvalue weighted by Crippen LogP contribution is -2.47. The second-order valence-corrected chi connectivity index (χ2v) is 7.48. The van der Waals surface area contributed by atoms with Crippen LogP contribution in [0.1, 0.15) is 44.1 Å². The molecule has 3 fully saturated rings. The first-order valence-electron chi connectivity index (χ1n) is 8.89. The van der Waals surface area contributed by atoms with E-state index in [9.17, 15) is 0 Å². The lowest BCUT2D eigenvalue weighted by Gasteiger charge is -2.35. The van der Waals surface area contributed by atoms with Crippen molar-refractivity contribution in [2.45, 2.75) is 57.2 Å². The fraction of sp³-hybridized carbons (Fsp3) is 0.684. The fourth-order valence-corrected chi connectivity index (χ4v) is 4.85. The minimum atomic E-state index is 0.779. The molecule has 21 heavy (non-hydrogen) atoms. The molecule has 2 nitrogen and oxygen atoms in total. The average Bonchev–Trinajstić information content (AvgIpc) is 3.13. The van der Waals surface area contributed by atoms with E-state index in [1.54, 1.807) is 0 Å². The van der Waals surface area contributed by atoms with E-state index in [1.807, 2.05) is 0 Å². The highest BCUT2D eigenvalue weighted by atomic mass is 15.1. The smallest absolute Gasteiger partial charge is 0.0233 e. The van der Waals surface area contributed by atoms with E-state index in [-0.39, 0.29) is 0 Å². The number of piperidine rings is 1. The second-order valence-electron chi connectivity index (χ2n) is 7.48. The maximum Gasteiger partial charge on any atom is 0.0233 e. The molecule has 2 aliphatic carbocycles. The fourth-order valence-electron chi connectivity index (χ4n) is 4.85. The van der Waals surface area contributed by atoms with Gasteiger partial charge in [0.15, 0.2) is 0 Å². The van der Waals surface area contributed by atoms with Gasteiger partial charge in [0.05, 0.1) is 0 Å². The number of hydrogen-bond acceptors (Lipinski definition) is 2. The molecule has 0 amide bonds. The van der Waals surface area contributed by atoms with Crippen molar-refractivity contribution in [3.63, 3.8) is 0 Å². The van der Waals surface area contributed by atoms with Crippen molar-refractivity contribution in [1.29, 1.82) is 0 Å². The number of likely N-dealkylation sites (tertiary alicyclic amines) is 1. The molecule has 0 radical (unpaired) electrons. The molecule has 1 saturated heterocycles. The summed E-state index contributed by atoms with van der Waals surface area (Å²) in [6.45, 7) is 3.64. The molecule has 3 atom stereocenters. The summed E-state index contributed by atoms with van der Waals surface area (Å²) in [7, 11) is 0. The molecule has 1 aliphatic heterocycles. The maximum absolute atomic E-state index is 4.01. The zero-order valence-electron chi connectivity index (χ0n) is 13.0. The Balaban J connectivity index is 1.23. The minimum absolute atomic E-state index is 0.779. The molecule has 0 unspecified atom stereocenters. The quantitative estimate of drug-likeness (QED) is 0.911. The molecule has 1 aromatic rings. The third kappa shape index (κ3) is 3.17. The van der Waals surface area contributed by atoms with E-state index < -0.39 is 0 Å². The molecule has 0 aromatic heterocycles. The largest absolute Gasteiger partial charge is 0.311 e. The van der Waals surface area contributed by atoms with Crippen molar-refractivity contribution in [1.82, 2.24) is 10.2 Å². The SMILES string of the molecule is c1ccc(CN2CCC(N[C@@H]3C[C@H]4CC[C@@H]3C4)CC2)cc1. The van der Waals surface area contributed by atoms with E-state index in [2.05, 4.69) is 40.5 Å². The van der Waals surface area contributed by atoms with Crippen LogP contribution in [0.15, 0.2) is 30.3 Å². The molecule has 1 heterocycles. The summed E-state index contributed by atoms with van der Waals surface area (Å²) < 4.78 is 0. The van der Waals surface area contributed by atoms with Gasteiger partial charge in [0.25, 0.3) is 0 Å². The van der Waals surface area contributed by atoms with Gasteiger partial charge in [0.2, 0.25) is 0 Å². The molecule has 2 bridgehead atoms. The summed E-state index contributed by atoms with van der Waals surface area (Å²) in [5, 5.41) is 4.01. The van der Waals surface area contributed by atoms with Crippen molar-refractivity contribution in [2.75, 3.05) is 13.1 Å². The third-order valence-electron chi connectivity index (χ3n) is 6.02. The van der Waals surface area contributed by atoms with Crippen LogP contribution in [0.5, 0.6) is 0 Å². The normalized spacial score (nSPS) is 33.6. The monoisotopic (exact) mass is 284 g/mol. The molecule has 1 aromatic carbocycles. The highest BCUT2D eigenvalue weighted by molar-refractivity contribution is 5.14. The van der Waals surface area contributed by atoms with E-state index in [0.29, 0.717) is 0 Å². The first-order valence-corrected chi connectivity index (χ1v) is 8.89. The summed E-state index contributed by atoms with van der Waals surface area (Å²) >= 11 is 0. The Morgan fingerprint density at radius 3 is 2.43 bits per heavy atom. The Morgan fingerprint density at radius 2 is 1.76 bits per heavy atom. The van der Waals surface area contributed by atoms with Crippen LogP contribution in [-0.4, -0.2) is 30.1 Å². The third-order valence-corrected chi connectivity index (χ3v) is 6.02. The molecule has 114 valence electrons. The molecular formula is C19H28N2. The Morgan fingerprint density at radius 1 is 0.952 bits per heavy atom. The second kappa shape index (κ2) is 6.10. The maximum atomic E-state index is 4.01. The summed E-state index contributed by atoms with van der Waals surface area (Å²) in [6.07, 6.45) is 8.66. The van der Waals surface area contributed by atoms with Crippen LogP contribution < -0.4 is 5.32 Å². The first kappa shape index (κ1) is 13.8. The standard InChI is InChI=1S/C19H28N2/c1-2-4-15(5-3-1)14-21-10-8-18(9-11-21)20-19-13-16-6-7-17(19)12-16/h1-5,16-20H,6-14H2/t16-,17+,19+/m0/s1.